The molecule has 0 heterocycles. The summed E-state index contributed by atoms with van der Waals surface area (Å²) >= 11 is 11.7. The summed E-state index contributed by atoms with van der Waals surface area (Å²) in [5.41, 5.74) is 0. The number of hydrogen-bond donors (Lipinski definition) is 1. The number of nitrogens with one attached hydrogen (secondary N) is 1. The molecule has 2 aromatic carbocycles. The van der Waals surface area contributed by atoms with Crippen LogP contribution in [0.1, 0.15) is 0 Å². The van der Waals surface area contributed by atoms with E-state index in [9.17, 15) is 13.2 Å². The Labute approximate surface area is 161 Å². The monoisotopic (exact) mass is 417 g/mol. The Morgan fingerprint density at radius 2 is 1.81 bits per heavy atom. The van der Waals surface area contributed by atoms with Crippen LogP contribution in [0.4, 0.5) is 0 Å². The molecule has 0 atom stereocenters. The van der Waals surface area contributed by atoms with E-state index >= 15 is 0 Å². The number of amides is 1. The Morgan fingerprint density at radius 1 is 1.12 bits per heavy atom. The number of ether oxygens (including phenoxy) is 2. The van der Waals surface area contributed by atoms with Gasteiger partial charge < -0.3 is 14.8 Å². The van der Waals surface area contributed by atoms with Gasteiger partial charge in [0.2, 0.25) is 0 Å². The summed E-state index contributed by atoms with van der Waals surface area (Å²) in [5.74, 6) is 0.195. The van der Waals surface area contributed by atoms with Crippen molar-refractivity contribution in [3.8, 4) is 11.5 Å². The molecule has 0 aliphatic rings. The van der Waals surface area contributed by atoms with Gasteiger partial charge in [-0.05, 0) is 42.5 Å². The molecule has 2 rings (SSSR count). The highest BCUT2D eigenvalue weighted by Gasteiger charge is 2.15. The SMILES string of the molecule is COc1ccc(S(=O)(=O)CCNC(=O)COc2ccc(Cl)cc2Cl)cc1. The zero-order valence-electron chi connectivity index (χ0n) is 13.9. The molecule has 0 aromatic heterocycles. The van der Waals surface area contributed by atoms with Gasteiger partial charge in [0.25, 0.3) is 5.91 Å². The van der Waals surface area contributed by atoms with E-state index in [1.165, 1.54) is 25.3 Å². The van der Waals surface area contributed by atoms with Gasteiger partial charge in [-0.15, -0.1) is 0 Å². The van der Waals surface area contributed by atoms with Crippen molar-refractivity contribution in [3.05, 3.63) is 52.5 Å². The van der Waals surface area contributed by atoms with Crippen LogP contribution in [-0.4, -0.2) is 40.3 Å². The standard InChI is InChI=1S/C17H17Cl2NO5S/c1-24-13-3-5-14(6-4-13)26(22,23)9-8-20-17(21)11-25-16-7-2-12(18)10-15(16)19/h2-7,10H,8-9,11H2,1H3,(H,20,21). The van der Waals surface area contributed by atoms with Gasteiger partial charge in [-0.1, -0.05) is 23.2 Å². The van der Waals surface area contributed by atoms with Crippen molar-refractivity contribution in [2.24, 2.45) is 0 Å². The molecule has 0 saturated heterocycles. The number of carbonyl (C=O) groups excluding carboxylic acids is 1. The first kappa shape index (κ1) is 20.4. The van der Waals surface area contributed by atoms with E-state index in [2.05, 4.69) is 5.32 Å². The second-order valence-corrected chi connectivity index (χ2v) is 8.16. The van der Waals surface area contributed by atoms with Gasteiger partial charge in [0.1, 0.15) is 11.5 Å². The van der Waals surface area contributed by atoms with Gasteiger partial charge in [-0.3, -0.25) is 4.79 Å². The number of halogens is 2. The third-order valence-corrected chi connectivity index (χ3v) is 5.63. The summed E-state index contributed by atoms with van der Waals surface area (Å²) in [6, 6.07) is 10.7. The zero-order valence-corrected chi connectivity index (χ0v) is 16.2. The zero-order chi connectivity index (χ0) is 19.2. The van der Waals surface area contributed by atoms with E-state index in [4.69, 9.17) is 32.7 Å². The first-order chi connectivity index (χ1) is 12.3. The highest BCUT2D eigenvalue weighted by atomic mass is 35.5. The molecular formula is C17H17Cl2NO5S. The second-order valence-electron chi connectivity index (χ2n) is 5.21. The first-order valence-corrected chi connectivity index (χ1v) is 9.94. The third-order valence-electron chi connectivity index (χ3n) is 3.36. The van der Waals surface area contributed by atoms with Gasteiger partial charge >= 0.3 is 0 Å². The van der Waals surface area contributed by atoms with Crippen molar-refractivity contribution in [1.29, 1.82) is 0 Å². The Balaban J connectivity index is 1.81. The summed E-state index contributed by atoms with van der Waals surface area (Å²) < 4.78 is 34.7. The number of hydrogen-bond acceptors (Lipinski definition) is 5. The quantitative estimate of drug-likeness (QED) is 0.713. The number of sulfone groups is 1. The van der Waals surface area contributed by atoms with Crippen molar-refractivity contribution < 1.29 is 22.7 Å². The fourth-order valence-corrected chi connectivity index (χ4v) is 3.63. The van der Waals surface area contributed by atoms with Gasteiger partial charge in [0.05, 0.1) is 22.8 Å². The third kappa shape index (κ3) is 5.79. The number of carbonyl (C=O) groups is 1. The van der Waals surface area contributed by atoms with Crippen molar-refractivity contribution in [1.82, 2.24) is 5.32 Å². The van der Waals surface area contributed by atoms with E-state index in [0.29, 0.717) is 16.5 Å². The minimum absolute atomic E-state index is 0.0368. The van der Waals surface area contributed by atoms with Crippen LogP contribution in [0, 0.1) is 0 Å². The lowest BCUT2D eigenvalue weighted by Crippen LogP contribution is -2.32. The number of benzene rings is 2. The molecule has 140 valence electrons. The Bertz CT molecular complexity index is 869. The van der Waals surface area contributed by atoms with Crippen LogP contribution in [-0.2, 0) is 14.6 Å². The molecule has 0 aliphatic heterocycles. The van der Waals surface area contributed by atoms with Gasteiger partial charge in [-0.25, -0.2) is 8.42 Å². The smallest absolute Gasteiger partial charge is 0.257 e. The highest BCUT2D eigenvalue weighted by Crippen LogP contribution is 2.27. The molecule has 1 N–H and O–H groups in total. The van der Waals surface area contributed by atoms with Crippen molar-refractivity contribution in [2.75, 3.05) is 26.0 Å². The van der Waals surface area contributed by atoms with Crippen molar-refractivity contribution >= 4 is 38.9 Å². The Kier molecular flexibility index (Phi) is 7.14. The molecule has 9 heteroatoms. The molecule has 0 bridgehead atoms. The molecule has 0 radical (unpaired) electrons. The normalized spacial score (nSPS) is 11.0. The van der Waals surface area contributed by atoms with E-state index in [1.807, 2.05) is 0 Å². The van der Waals surface area contributed by atoms with Crippen molar-refractivity contribution in [3.63, 3.8) is 0 Å². The lowest BCUT2D eigenvalue weighted by Gasteiger charge is -2.09. The summed E-state index contributed by atoms with van der Waals surface area (Å²) in [7, 11) is -2.01. The molecule has 0 aliphatic carbocycles. The van der Waals surface area contributed by atoms with Crippen LogP contribution in [0.15, 0.2) is 47.4 Å². The predicted octanol–water partition coefficient (Wildman–Crippen LogP) is 2.97. The highest BCUT2D eigenvalue weighted by molar-refractivity contribution is 7.91. The van der Waals surface area contributed by atoms with Crippen LogP contribution in [0.2, 0.25) is 10.0 Å². The van der Waals surface area contributed by atoms with Crippen LogP contribution in [0.25, 0.3) is 0 Å². The predicted molar refractivity (Wildman–Crippen MR) is 100 cm³/mol. The molecular weight excluding hydrogens is 401 g/mol. The Morgan fingerprint density at radius 3 is 2.42 bits per heavy atom. The molecule has 6 nitrogen and oxygen atoms in total. The second kappa shape index (κ2) is 9.12. The molecule has 26 heavy (non-hydrogen) atoms. The number of methoxy groups -OCH3 is 1. The average Bonchev–Trinajstić information content (AvgIpc) is 2.61. The lowest BCUT2D eigenvalue weighted by atomic mass is 10.3. The molecule has 0 saturated carbocycles. The molecule has 2 aromatic rings. The molecule has 0 spiro atoms. The molecule has 0 unspecified atom stereocenters. The van der Waals surface area contributed by atoms with E-state index < -0.39 is 15.7 Å². The average molecular weight is 418 g/mol. The maximum absolute atomic E-state index is 12.2. The molecule has 1 amide bonds. The van der Waals surface area contributed by atoms with E-state index in [-0.39, 0.29) is 28.8 Å². The number of rotatable bonds is 8. The molecule has 0 fully saturated rings. The largest absolute Gasteiger partial charge is 0.497 e. The minimum atomic E-state index is -3.51. The maximum atomic E-state index is 12.2. The van der Waals surface area contributed by atoms with E-state index in [0.717, 1.165) is 0 Å². The fourth-order valence-electron chi connectivity index (χ4n) is 2.01. The van der Waals surface area contributed by atoms with E-state index in [1.54, 1.807) is 24.3 Å². The van der Waals surface area contributed by atoms with Crippen LogP contribution in [0.3, 0.4) is 0 Å². The maximum Gasteiger partial charge on any atom is 0.257 e. The summed E-state index contributed by atoms with van der Waals surface area (Å²) in [4.78, 5) is 11.9. The lowest BCUT2D eigenvalue weighted by molar-refractivity contribution is -0.122. The fraction of sp³-hybridized carbons (Fsp3) is 0.235. The van der Waals surface area contributed by atoms with Crippen molar-refractivity contribution in [2.45, 2.75) is 4.90 Å². The van der Waals surface area contributed by atoms with Crippen LogP contribution < -0.4 is 14.8 Å². The van der Waals surface area contributed by atoms with Crippen LogP contribution >= 0.6 is 23.2 Å². The van der Waals surface area contributed by atoms with Crippen LogP contribution in [0.5, 0.6) is 11.5 Å². The first-order valence-electron chi connectivity index (χ1n) is 7.53. The summed E-state index contributed by atoms with van der Waals surface area (Å²) in [6.45, 7) is -0.325. The van der Waals surface area contributed by atoms with Gasteiger partial charge in [-0.2, -0.15) is 0 Å². The Hall–Kier alpha value is -1.96. The van der Waals surface area contributed by atoms with Gasteiger partial charge in [0, 0.05) is 11.6 Å². The van der Waals surface area contributed by atoms with Gasteiger partial charge in [0.15, 0.2) is 16.4 Å². The summed E-state index contributed by atoms with van der Waals surface area (Å²) in [6.07, 6.45) is 0. The summed E-state index contributed by atoms with van der Waals surface area (Å²) in [5, 5.41) is 3.23. The topological polar surface area (TPSA) is 81.7 Å². The minimum Gasteiger partial charge on any atom is -0.497 e.